The van der Waals surface area contributed by atoms with Crippen LogP contribution in [0.25, 0.3) is 0 Å². The Morgan fingerprint density at radius 3 is 1.97 bits per heavy atom. The third kappa shape index (κ3) is 11.6. The van der Waals surface area contributed by atoms with E-state index < -0.39 is 0 Å². The van der Waals surface area contributed by atoms with Crippen LogP contribution < -0.4 is 4.74 Å². The number of esters is 1. The Bertz CT molecular complexity index is 832. The second-order valence-electron chi connectivity index (χ2n) is 10.7. The number of likely N-dealkylation sites (N-methyl/N-ethyl adjacent to an activating group) is 1. The van der Waals surface area contributed by atoms with Crippen molar-refractivity contribution in [3.05, 3.63) is 65.7 Å². The van der Waals surface area contributed by atoms with Crippen molar-refractivity contribution in [1.82, 2.24) is 0 Å². The Balaban J connectivity index is 1.69. The van der Waals surface area contributed by atoms with Crippen LogP contribution >= 0.6 is 0 Å². The number of ether oxygens (including phenoxy) is 2. The molecule has 2 rings (SSSR count). The molecule has 0 aliphatic heterocycles. The molecule has 0 aliphatic carbocycles. The van der Waals surface area contributed by atoms with E-state index in [0.717, 1.165) is 31.6 Å². The van der Waals surface area contributed by atoms with Crippen molar-refractivity contribution < 1.29 is 18.8 Å². The zero-order valence-corrected chi connectivity index (χ0v) is 23.3. The van der Waals surface area contributed by atoms with Gasteiger partial charge in [0, 0.05) is 12.0 Å². The molecule has 0 aromatic heterocycles. The van der Waals surface area contributed by atoms with Gasteiger partial charge < -0.3 is 14.0 Å². The lowest BCUT2D eigenvalue weighted by Gasteiger charge is -2.36. The molecule has 0 bridgehead atoms. The Morgan fingerprint density at radius 1 is 0.750 bits per heavy atom. The first-order chi connectivity index (χ1) is 17.5. The minimum atomic E-state index is -0.225. The van der Waals surface area contributed by atoms with E-state index in [1.54, 1.807) is 0 Å². The van der Waals surface area contributed by atoms with Crippen LogP contribution in [0.1, 0.15) is 95.6 Å². The summed E-state index contributed by atoms with van der Waals surface area (Å²) in [5, 5.41) is 0. The zero-order chi connectivity index (χ0) is 26.1. The van der Waals surface area contributed by atoms with Crippen molar-refractivity contribution in [2.75, 3.05) is 20.9 Å². The lowest BCUT2D eigenvalue weighted by molar-refractivity contribution is -0.920. The second-order valence-corrected chi connectivity index (χ2v) is 10.7. The molecule has 0 heterocycles. The van der Waals surface area contributed by atoms with Crippen LogP contribution in [0.5, 0.6) is 5.75 Å². The van der Waals surface area contributed by atoms with Gasteiger partial charge >= 0.3 is 5.97 Å². The zero-order valence-electron chi connectivity index (χ0n) is 23.3. The summed E-state index contributed by atoms with van der Waals surface area (Å²) in [5.41, 5.74) is 2.56. The van der Waals surface area contributed by atoms with Crippen molar-refractivity contribution in [2.45, 2.75) is 103 Å². The number of nitrogens with zero attached hydrogens (tertiary/aromatic N) is 1. The molecule has 1 atom stereocenters. The maximum absolute atomic E-state index is 13.0. The highest BCUT2D eigenvalue weighted by molar-refractivity contribution is 5.74. The quantitative estimate of drug-likeness (QED) is 0.0853. The van der Waals surface area contributed by atoms with Crippen LogP contribution in [0.3, 0.4) is 0 Å². The van der Waals surface area contributed by atoms with Crippen molar-refractivity contribution in [1.29, 1.82) is 0 Å². The van der Waals surface area contributed by atoms with Crippen LogP contribution in [0.4, 0.5) is 0 Å². The molecule has 0 spiro atoms. The first-order valence-corrected chi connectivity index (χ1v) is 14.2. The molecule has 0 radical (unpaired) electrons. The van der Waals surface area contributed by atoms with E-state index in [9.17, 15) is 4.79 Å². The highest BCUT2D eigenvalue weighted by Crippen LogP contribution is 2.20. The summed E-state index contributed by atoms with van der Waals surface area (Å²) < 4.78 is 11.9. The summed E-state index contributed by atoms with van der Waals surface area (Å²) in [4.78, 5) is 13.0. The Hall–Kier alpha value is -2.33. The minimum Gasteiger partial charge on any atom is -0.457 e. The monoisotopic (exact) mass is 496 g/mol. The number of hydrogen-bond donors (Lipinski definition) is 0. The number of aryl methyl sites for hydroxylation is 1. The van der Waals surface area contributed by atoms with Gasteiger partial charge in [-0.3, -0.25) is 0 Å². The first-order valence-electron chi connectivity index (χ1n) is 14.2. The fourth-order valence-corrected chi connectivity index (χ4v) is 4.83. The molecule has 2 aromatic rings. The average Bonchev–Trinajstić information content (AvgIpc) is 2.87. The third-order valence-corrected chi connectivity index (χ3v) is 7.03. The van der Waals surface area contributed by atoms with Gasteiger partial charge in [0.25, 0.3) is 0 Å². The molecule has 2 aromatic carbocycles. The number of carbonyl (C=O) groups is 1. The number of quaternary nitrogens is 1. The third-order valence-electron chi connectivity index (χ3n) is 7.03. The minimum absolute atomic E-state index is 0.0536. The van der Waals surface area contributed by atoms with Gasteiger partial charge in [-0.15, -0.1) is 0 Å². The predicted octanol–water partition coefficient (Wildman–Crippen LogP) is 8.08. The predicted molar refractivity (Wildman–Crippen MR) is 150 cm³/mol. The van der Waals surface area contributed by atoms with Crippen LogP contribution in [-0.2, 0) is 22.5 Å². The maximum atomic E-state index is 13.0. The van der Waals surface area contributed by atoms with E-state index >= 15 is 0 Å². The van der Waals surface area contributed by atoms with Crippen molar-refractivity contribution >= 4 is 5.97 Å². The molecule has 1 unspecified atom stereocenters. The molecular weight excluding hydrogens is 446 g/mol. The summed E-state index contributed by atoms with van der Waals surface area (Å²) in [7, 11) is 4.20. The largest absolute Gasteiger partial charge is 0.457 e. The first kappa shape index (κ1) is 29.9. The molecule has 0 amide bonds. The topological polar surface area (TPSA) is 35.5 Å². The molecule has 36 heavy (non-hydrogen) atoms. The van der Waals surface area contributed by atoms with E-state index in [4.69, 9.17) is 9.47 Å². The van der Waals surface area contributed by atoms with Crippen LogP contribution in [0, 0.1) is 0 Å². The Kier molecular flexibility index (Phi) is 14.3. The van der Waals surface area contributed by atoms with Gasteiger partial charge in [0.05, 0.1) is 14.1 Å². The van der Waals surface area contributed by atoms with Crippen LogP contribution in [0.15, 0.2) is 54.6 Å². The van der Waals surface area contributed by atoms with Crippen LogP contribution in [-0.4, -0.2) is 37.4 Å². The van der Waals surface area contributed by atoms with Gasteiger partial charge in [-0.25, -0.2) is 4.79 Å². The second kappa shape index (κ2) is 17.2. The molecule has 0 aliphatic rings. The van der Waals surface area contributed by atoms with Crippen molar-refractivity contribution in [2.24, 2.45) is 0 Å². The average molecular weight is 497 g/mol. The summed E-state index contributed by atoms with van der Waals surface area (Å²) in [6.45, 7) is 5.10. The number of carbonyl (C=O) groups excluding carboxylic acids is 1. The van der Waals surface area contributed by atoms with Gasteiger partial charge in [0.1, 0.15) is 12.3 Å². The van der Waals surface area contributed by atoms with E-state index in [1.807, 2.05) is 30.3 Å². The molecule has 4 nitrogen and oxygen atoms in total. The number of hydrogen-bond acceptors (Lipinski definition) is 3. The highest BCUT2D eigenvalue weighted by Gasteiger charge is 2.35. The van der Waals surface area contributed by atoms with Gasteiger partial charge in [0.15, 0.2) is 6.04 Å². The fraction of sp³-hybridized carbons (Fsp3) is 0.594. The molecule has 4 heteroatoms. The molecule has 0 fully saturated rings. The number of rotatable bonds is 19. The smallest absolute Gasteiger partial charge is 0.367 e. The SMILES string of the molecule is CCCCCCCCCCCc1ccc(OCOC(=O)C(CCC)[N+](C)(C)Cc2ccccc2)cc1. The van der Waals surface area contributed by atoms with E-state index in [2.05, 4.69) is 52.2 Å². The van der Waals surface area contributed by atoms with Gasteiger partial charge in [-0.05, 0) is 37.0 Å². The van der Waals surface area contributed by atoms with Gasteiger partial charge in [-0.2, -0.15) is 0 Å². The normalized spacial score (nSPS) is 12.3. The molecular formula is C32H50NO3+. The lowest BCUT2D eigenvalue weighted by atomic mass is 10.0. The standard InChI is InChI=1S/C32H50NO3/c1-5-7-8-9-10-11-12-13-15-19-28-22-24-30(25-23-28)35-27-36-32(34)31(18-6-2)33(3,4)26-29-20-16-14-17-21-29/h14,16-17,20-25,31H,5-13,15,18-19,26-27H2,1-4H3/q+1. The Morgan fingerprint density at radius 2 is 1.36 bits per heavy atom. The summed E-state index contributed by atoms with van der Waals surface area (Å²) in [6, 6.07) is 18.3. The maximum Gasteiger partial charge on any atom is 0.367 e. The molecule has 0 N–H and O–H groups in total. The molecule has 200 valence electrons. The van der Waals surface area contributed by atoms with E-state index in [1.165, 1.54) is 68.9 Å². The van der Waals surface area contributed by atoms with Gasteiger partial charge in [-0.1, -0.05) is 108 Å². The molecule has 0 saturated carbocycles. The van der Waals surface area contributed by atoms with Gasteiger partial charge in [0.2, 0.25) is 6.79 Å². The van der Waals surface area contributed by atoms with Crippen molar-refractivity contribution in [3.8, 4) is 5.75 Å². The fourth-order valence-electron chi connectivity index (χ4n) is 4.83. The van der Waals surface area contributed by atoms with E-state index in [0.29, 0.717) is 4.48 Å². The summed E-state index contributed by atoms with van der Waals surface area (Å²) in [6.07, 6.45) is 15.0. The highest BCUT2D eigenvalue weighted by atomic mass is 16.7. The van der Waals surface area contributed by atoms with Crippen molar-refractivity contribution in [3.63, 3.8) is 0 Å². The number of unbranched alkanes of at least 4 members (excludes halogenated alkanes) is 8. The summed E-state index contributed by atoms with van der Waals surface area (Å²) in [5.74, 6) is 0.545. The number of benzene rings is 2. The Labute approximate surface area is 220 Å². The lowest BCUT2D eigenvalue weighted by Crippen LogP contribution is -2.53. The molecule has 0 saturated heterocycles. The van der Waals surface area contributed by atoms with Crippen LogP contribution in [0.2, 0.25) is 0 Å². The van der Waals surface area contributed by atoms with E-state index in [-0.39, 0.29) is 18.8 Å². The summed E-state index contributed by atoms with van der Waals surface area (Å²) >= 11 is 0.